The number of likely N-dealkylation sites (N-methyl/N-ethyl adjacent to an activating group) is 1. The quantitative estimate of drug-likeness (QED) is 0.478. The molecule has 36 heavy (non-hydrogen) atoms. The van der Waals surface area contributed by atoms with Gasteiger partial charge in [0.1, 0.15) is 0 Å². The number of rotatable bonds is 7. The predicted octanol–water partition coefficient (Wildman–Crippen LogP) is 4.04. The van der Waals surface area contributed by atoms with Gasteiger partial charge in [-0.15, -0.1) is 0 Å². The van der Waals surface area contributed by atoms with E-state index in [1.54, 1.807) is 50.5 Å². The van der Waals surface area contributed by atoms with Crippen LogP contribution in [0.3, 0.4) is 0 Å². The average Bonchev–Trinajstić information content (AvgIpc) is 2.92. The minimum Gasteiger partial charge on any atom is -0.348 e. The number of ketones is 2. The van der Waals surface area contributed by atoms with Crippen LogP contribution in [0.25, 0.3) is 0 Å². The number of nitrogens with zero attached hydrogens (tertiary/aromatic N) is 3. The Hall–Kier alpha value is -4.08. The Bertz CT molecular complexity index is 1220. The van der Waals surface area contributed by atoms with E-state index >= 15 is 0 Å². The van der Waals surface area contributed by atoms with Gasteiger partial charge in [0.05, 0.1) is 18.2 Å². The minimum absolute atomic E-state index is 0.0947. The number of nitriles is 1. The van der Waals surface area contributed by atoms with Gasteiger partial charge in [0.15, 0.2) is 11.6 Å². The van der Waals surface area contributed by atoms with Gasteiger partial charge in [-0.3, -0.25) is 19.3 Å². The van der Waals surface area contributed by atoms with E-state index in [9.17, 15) is 19.6 Å². The Morgan fingerprint density at radius 3 is 1.75 bits per heavy atom. The Morgan fingerprint density at radius 2 is 1.28 bits per heavy atom. The van der Waals surface area contributed by atoms with Crippen molar-refractivity contribution in [3.8, 4) is 6.07 Å². The molecule has 0 radical (unpaired) electrons. The summed E-state index contributed by atoms with van der Waals surface area (Å²) in [6, 6.07) is 27.5. The molecule has 6 nitrogen and oxygen atoms in total. The van der Waals surface area contributed by atoms with Gasteiger partial charge in [-0.05, 0) is 11.6 Å². The summed E-state index contributed by atoms with van der Waals surface area (Å²) in [6.45, 7) is 0.739. The van der Waals surface area contributed by atoms with Crippen molar-refractivity contribution in [3.05, 3.63) is 107 Å². The Labute approximate surface area is 211 Å². The molecule has 1 saturated heterocycles. The highest BCUT2D eigenvalue weighted by atomic mass is 16.2. The summed E-state index contributed by atoms with van der Waals surface area (Å²) >= 11 is 0. The number of piperidine rings is 1. The lowest BCUT2D eigenvalue weighted by Gasteiger charge is -2.43. The van der Waals surface area contributed by atoms with E-state index in [2.05, 4.69) is 6.07 Å². The van der Waals surface area contributed by atoms with E-state index in [1.807, 2.05) is 53.4 Å². The van der Waals surface area contributed by atoms with E-state index in [4.69, 9.17) is 0 Å². The van der Waals surface area contributed by atoms with Crippen molar-refractivity contribution in [2.24, 2.45) is 11.8 Å². The molecule has 1 amide bonds. The first-order valence-electron chi connectivity index (χ1n) is 12.0. The van der Waals surface area contributed by atoms with Crippen molar-refractivity contribution in [3.63, 3.8) is 0 Å². The zero-order valence-corrected chi connectivity index (χ0v) is 20.5. The number of likely N-dealkylation sites (tertiary alicyclic amines) is 1. The van der Waals surface area contributed by atoms with Crippen molar-refractivity contribution >= 4 is 17.5 Å². The molecule has 6 heteroatoms. The van der Waals surface area contributed by atoms with Crippen LogP contribution < -0.4 is 0 Å². The second-order valence-electron chi connectivity index (χ2n) is 9.38. The van der Waals surface area contributed by atoms with Gasteiger partial charge in [-0.25, -0.2) is 0 Å². The van der Waals surface area contributed by atoms with Crippen molar-refractivity contribution < 1.29 is 14.4 Å². The zero-order chi connectivity index (χ0) is 25.7. The third-order valence-corrected chi connectivity index (χ3v) is 6.86. The maximum Gasteiger partial charge on any atom is 0.236 e. The summed E-state index contributed by atoms with van der Waals surface area (Å²) in [5, 5.41) is 9.88. The topological polar surface area (TPSA) is 81.5 Å². The van der Waals surface area contributed by atoms with Crippen LogP contribution in [0.15, 0.2) is 84.9 Å². The fourth-order valence-corrected chi connectivity index (χ4v) is 5.05. The highest BCUT2D eigenvalue weighted by Crippen LogP contribution is 2.42. The number of Topliss-reactive ketones (excluding diaryl/α,β-unsaturated/α-hetero) is 2. The lowest BCUT2D eigenvalue weighted by Crippen LogP contribution is -2.52. The van der Waals surface area contributed by atoms with Crippen molar-refractivity contribution in [1.82, 2.24) is 9.80 Å². The highest BCUT2D eigenvalue weighted by molar-refractivity contribution is 6.02. The van der Waals surface area contributed by atoms with Gasteiger partial charge in [0, 0.05) is 56.1 Å². The molecule has 0 saturated carbocycles. The lowest BCUT2D eigenvalue weighted by atomic mass is 9.68. The molecule has 0 bridgehead atoms. The fourth-order valence-electron chi connectivity index (χ4n) is 5.05. The largest absolute Gasteiger partial charge is 0.348 e. The first-order chi connectivity index (χ1) is 17.4. The lowest BCUT2D eigenvalue weighted by molar-refractivity contribution is -0.130. The minimum atomic E-state index is -0.608. The summed E-state index contributed by atoms with van der Waals surface area (Å²) in [7, 11) is 3.38. The van der Waals surface area contributed by atoms with E-state index in [-0.39, 0.29) is 24.0 Å². The third kappa shape index (κ3) is 5.27. The number of hydrogen-bond donors (Lipinski definition) is 0. The first-order valence-corrected chi connectivity index (χ1v) is 12.0. The van der Waals surface area contributed by atoms with E-state index in [1.165, 1.54) is 4.90 Å². The van der Waals surface area contributed by atoms with Gasteiger partial charge in [-0.1, -0.05) is 78.9 Å². The smallest absolute Gasteiger partial charge is 0.236 e. The predicted molar refractivity (Wildman–Crippen MR) is 138 cm³/mol. The van der Waals surface area contributed by atoms with Crippen molar-refractivity contribution in [1.29, 1.82) is 5.26 Å². The van der Waals surface area contributed by atoms with Crippen molar-refractivity contribution in [2.75, 3.05) is 33.7 Å². The maximum absolute atomic E-state index is 13.9. The van der Waals surface area contributed by atoms with Gasteiger partial charge in [0.25, 0.3) is 0 Å². The van der Waals surface area contributed by atoms with Crippen LogP contribution >= 0.6 is 0 Å². The second kappa shape index (κ2) is 11.1. The molecule has 2 atom stereocenters. The van der Waals surface area contributed by atoms with Crippen LogP contribution in [0.2, 0.25) is 0 Å². The number of carbonyl (C=O) groups is 3. The Balaban J connectivity index is 1.85. The number of benzene rings is 3. The molecule has 1 fully saturated rings. The molecule has 3 aromatic carbocycles. The van der Waals surface area contributed by atoms with Crippen LogP contribution in [0.1, 0.15) is 37.8 Å². The fraction of sp³-hybridized carbons (Fsp3) is 0.267. The molecule has 1 aliphatic rings. The molecule has 0 aromatic heterocycles. The standard InChI is InChI=1S/C30H29N3O3/c1-32(2)27(34)20-33-18-25(29(35)21-11-5-3-6-12-21)28(24-16-10-9-15-23(24)17-31)26(19-33)30(36)22-13-7-4-8-14-22/h3-16,25-26,28H,18-20H2,1-2H3. The molecular weight excluding hydrogens is 450 g/mol. The summed E-state index contributed by atoms with van der Waals surface area (Å²) < 4.78 is 0. The van der Waals surface area contributed by atoms with E-state index in [0.717, 1.165) is 0 Å². The van der Waals surface area contributed by atoms with Crippen molar-refractivity contribution in [2.45, 2.75) is 5.92 Å². The molecule has 1 heterocycles. The molecule has 182 valence electrons. The normalized spacial score (nSPS) is 19.8. The maximum atomic E-state index is 13.9. The van der Waals surface area contributed by atoms with Gasteiger partial charge < -0.3 is 4.90 Å². The van der Waals surface area contributed by atoms with Gasteiger partial charge in [-0.2, -0.15) is 5.26 Å². The summed E-state index contributed by atoms with van der Waals surface area (Å²) in [6.07, 6.45) is 0. The summed E-state index contributed by atoms with van der Waals surface area (Å²) in [5.74, 6) is -2.01. The molecule has 0 spiro atoms. The third-order valence-electron chi connectivity index (χ3n) is 6.86. The molecule has 4 rings (SSSR count). The molecule has 1 aliphatic heterocycles. The SMILES string of the molecule is CN(C)C(=O)CN1CC(C(=O)c2ccccc2)C(c2ccccc2C#N)C(C(=O)c2ccccc2)C1. The summed E-state index contributed by atoms with van der Waals surface area (Å²) in [4.78, 5) is 43.9. The Kier molecular flexibility index (Phi) is 7.72. The average molecular weight is 480 g/mol. The van der Waals surface area contributed by atoms with E-state index in [0.29, 0.717) is 35.3 Å². The summed E-state index contributed by atoms with van der Waals surface area (Å²) in [5.41, 5.74) is 2.25. The number of carbonyl (C=O) groups excluding carboxylic acids is 3. The molecule has 3 aromatic rings. The molecule has 0 N–H and O–H groups in total. The molecule has 2 unspecified atom stereocenters. The van der Waals surface area contributed by atoms with Gasteiger partial charge >= 0.3 is 0 Å². The first kappa shape index (κ1) is 25.0. The second-order valence-corrected chi connectivity index (χ2v) is 9.38. The highest BCUT2D eigenvalue weighted by Gasteiger charge is 2.45. The van der Waals surface area contributed by atoms with Crippen LogP contribution in [0.4, 0.5) is 0 Å². The molecule has 0 aliphatic carbocycles. The van der Waals surface area contributed by atoms with Crippen LogP contribution in [-0.4, -0.2) is 61.0 Å². The van der Waals surface area contributed by atoms with Crippen LogP contribution in [-0.2, 0) is 4.79 Å². The van der Waals surface area contributed by atoms with Crippen LogP contribution in [0.5, 0.6) is 0 Å². The Morgan fingerprint density at radius 1 is 0.806 bits per heavy atom. The number of amides is 1. The van der Waals surface area contributed by atoms with E-state index < -0.39 is 17.8 Å². The van der Waals surface area contributed by atoms with Crippen LogP contribution in [0, 0.1) is 23.2 Å². The zero-order valence-electron chi connectivity index (χ0n) is 20.5. The molecular formula is C30H29N3O3. The number of hydrogen-bond acceptors (Lipinski definition) is 5. The van der Waals surface area contributed by atoms with Gasteiger partial charge in [0.2, 0.25) is 5.91 Å². The monoisotopic (exact) mass is 479 g/mol.